The largest absolute Gasteiger partial charge is 0.375 e. The van der Waals surface area contributed by atoms with Crippen LogP contribution >= 0.6 is 0 Å². The molecule has 0 spiro atoms. The minimum Gasteiger partial charge on any atom is -0.375 e. The van der Waals surface area contributed by atoms with Gasteiger partial charge in [0.1, 0.15) is 0 Å². The topological polar surface area (TPSA) is 18.5 Å². The van der Waals surface area contributed by atoms with Crippen molar-refractivity contribution in [1.82, 2.24) is 0 Å². The predicted octanol–water partition coefficient (Wildman–Crippen LogP) is 1.20. The quantitative estimate of drug-likeness (QED) is 0.506. The molecule has 2 aliphatic rings. The van der Waals surface area contributed by atoms with E-state index in [1.165, 1.54) is 0 Å². The average Bonchev–Trinajstić information content (AvgIpc) is 2.36. The van der Waals surface area contributed by atoms with Gasteiger partial charge >= 0.3 is 0 Å². The van der Waals surface area contributed by atoms with E-state index in [2.05, 4.69) is 13.8 Å². The molecule has 2 rings (SSSR count). The molecule has 2 fully saturated rings. The summed E-state index contributed by atoms with van der Waals surface area (Å²) in [7, 11) is 0. The molecule has 0 bridgehead atoms. The van der Waals surface area contributed by atoms with Crippen molar-refractivity contribution in [3.8, 4) is 0 Å². The second kappa shape index (κ2) is 1.95. The number of rotatable bonds is 0. The molecule has 0 saturated carbocycles. The van der Waals surface area contributed by atoms with Crippen LogP contribution in [0.3, 0.4) is 0 Å². The van der Waals surface area contributed by atoms with Crippen molar-refractivity contribution in [3.63, 3.8) is 0 Å². The van der Waals surface area contributed by atoms with E-state index in [-0.39, 0.29) is 5.60 Å². The van der Waals surface area contributed by atoms with Crippen LogP contribution in [-0.2, 0) is 9.47 Å². The molecule has 2 nitrogen and oxygen atoms in total. The summed E-state index contributed by atoms with van der Waals surface area (Å²) >= 11 is 0. The molecule has 0 aliphatic carbocycles. The van der Waals surface area contributed by atoms with Crippen molar-refractivity contribution in [2.45, 2.75) is 32.0 Å². The van der Waals surface area contributed by atoms with Crippen molar-refractivity contribution in [1.29, 1.82) is 0 Å². The minimum absolute atomic E-state index is 0.0417. The summed E-state index contributed by atoms with van der Waals surface area (Å²) in [5.74, 6) is 0.569. The fourth-order valence-corrected chi connectivity index (χ4v) is 1.90. The second-order valence-electron chi connectivity index (χ2n) is 3.54. The highest BCUT2D eigenvalue weighted by Gasteiger charge is 2.49. The van der Waals surface area contributed by atoms with Crippen LogP contribution in [0.5, 0.6) is 0 Å². The van der Waals surface area contributed by atoms with E-state index in [0.29, 0.717) is 12.0 Å². The Morgan fingerprint density at radius 2 is 2.30 bits per heavy atom. The molecule has 10 heavy (non-hydrogen) atoms. The monoisotopic (exact) mass is 142 g/mol. The first-order valence-corrected chi connectivity index (χ1v) is 3.99. The van der Waals surface area contributed by atoms with Gasteiger partial charge in [0.25, 0.3) is 0 Å². The van der Waals surface area contributed by atoms with Gasteiger partial charge in [-0.05, 0) is 13.3 Å². The van der Waals surface area contributed by atoms with Crippen molar-refractivity contribution in [2.75, 3.05) is 13.2 Å². The molecule has 0 aromatic heterocycles. The summed E-state index contributed by atoms with van der Waals surface area (Å²) in [5.41, 5.74) is 0.0417. The van der Waals surface area contributed by atoms with Crippen LogP contribution < -0.4 is 0 Å². The molecular formula is C8H14O2. The zero-order valence-electron chi connectivity index (χ0n) is 6.59. The molecule has 2 heteroatoms. The van der Waals surface area contributed by atoms with Crippen molar-refractivity contribution < 1.29 is 9.47 Å². The lowest BCUT2D eigenvalue weighted by atomic mass is 9.89. The highest BCUT2D eigenvalue weighted by atomic mass is 16.6. The van der Waals surface area contributed by atoms with Crippen LogP contribution in [0.1, 0.15) is 20.3 Å². The molecule has 0 aromatic carbocycles. The normalized spacial score (nSPS) is 53.4. The Balaban J connectivity index is 2.21. The molecule has 0 aromatic rings. The minimum atomic E-state index is 0.0417. The van der Waals surface area contributed by atoms with Crippen molar-refractivity contribution in [2.24, 2.45) is 5.92 Å². The lowest BCUT2D eigenvalue weighted by Crippen LogP contribution is -2.36. The molecule has 2 aliphatic heterocycles. The van der Waals surface area contributed by atoms with Crippen LogP contribution in [-0.4, -0.2) is 24.9 Å². The van der Waals surface area contributed by atoms with Crippen LogP contribution in [0.4, 0.5) is 0 Å². The van der Waals surface area contributed by atoms with Crippen LogP contribution in [0.15, 0.2) is 0 Å². The van der Waals surface area contributed by atoms with Crippen LogP contribution in [0.2, 0.25) is 0 Å². The molecular weight excluding hydrogens is 128 g/mol. The fourth-order valence-electron chi connectivity index (χ4n) is 1.90. The maximum Gasteiger partial charge on any atom is 0.0963 e. The van der Waals surface area contributed by atoms with Gasteiger partial charge in [0.15, 0.2) is 0 Å². The van der Waals surface area contributed by atoms with Gasteiger partial charge in [-0.3, -0.25) is 0 Å². The SMILES string of the molecule is C[C@H]1COC2CCO[C@@]21C. The Morgan fingerprint density at radius 3 is 3.00 bits per heavy atom. The molecule has 58 valence electrons. The summed E-state index contributed by atoms with van der Waals surface area (Å²) in [6.07, 6.45) is 1.46. The number of fused-ring (bicyclic) bond motifs is 1. The van der Waals surface area contributed by atoms with Gasteiger partial charge in [0.2, 0.25) is 0 Å². The third kappa shape index (κ3) is 0.663. The van der Waals surface area contributed by atoms with Gasteiger partial charge in [-0.25, -0.2) is 0 Å². The Labute approximate surface area is 61.5 Å². The Hall–Kier alpha value is -0.0800. The van der Waals surface area contributed by atoms with E-state index in [9.17, 15) is 0 Å². The van der Waals surface area contributed by atoms with E-state index in [1.54, 1.807) is 0 Å². The molecule has 0 radical (unpaired) electrons. The first-order chi connectivity index (χ1) is 4.73. The second-order valence-corrected chi connectivity index (χ2v) is 3.54. The summed E-state index contributed by atoms with van der Waals surface area (Å²) in [6.45, 7) is 6.13. The summed E-state index contributed by atoms with van der Waals surface area (Å²) in [6, 6.07) is 0. The van der Waals surface area contributed by atoms with Gasteiger partial charge < -0.3 is 9.47 Å². The van der Waals surface area contributed by atoms with Crippen molar-refractivity contribution in [3.05, 3.63) is 0 Å². The van der Waals surface area contributed by atoms with Gasteiger partial charge in [0.05, 0.1) is 24.9 Å². The number of ether oxygens (including phenoxy) is 2. The lowest BCUT2D eigenvalue weighted by Gasteiger charge is -2.25. The van der Waals surface area contributed by atoms with E-state index >= 15 is 0 Å². The first-order valence-electron chi connectivity index (χ1n) is 3.99. The zero-order chi connectivity index (χ0) is 7.19. The maximum atomic E-state index is 5.65. The molecule has 3 atom stereocenters. The molecule has 0 N–H and O–H groups in total. The fraction of sp³-hybridized carbons (Fsp3) is 1.00. The van der Waals surface area contributed by atoms with E-state index in [1.807, 2.05) is 0 Å². The predicted molar refractivity (Wildman–Crippen MR) is 37.9 cm³/mol. The summed E-state index contributed by atoms with van der Waals surface area (Å²) in [5, 5.41) is 0. The Kier molecular flexibility index (Phi) is 1.29. The highest BCUT2D eigenvalue weighted by molar-refractivity contribution is 4.98. The molecule has 2 saturated heterocycles. The number of hydrogen-bond donors (Lipinski definition) is 0. The van der Waals surface area contributed by atoms with Crippen molar-refractivity contribution >= 4 is 0 Å². The van der Waals surface area contributed by atoms with E-state index < -0.39 is 0 Å². The summed E-state index contributed by atoms with van der Waals surface area (Å²) < 4.78 is 11.2. The summed E-state index contributed by atoms with van der Waals surface area (Å²) in [4.78, 5) is 0. The zero-order valence-corrected chi connectivity index (χ0v) is 6.59. The molecule has 0 amide bonds. The highest BCUT2D eigenvalue weighted by Crippen LogP contribution is 2.40. The van der Waals surface area contributed by atoms with Gasteiger partial charge in [-0.2, -0.15) is 0 Å². The first kappa shape index (κ1) is 6.62. The number of hydrogen-bond acceptors (Lipinski definition) is 2. The standard InChI is InChI=1S/C8H14O2/c1-6-5-9-7-3-4-10-8(6,7)2/h6-7H,3-5H2,1-2H3/t6-,7?,8+/m0/s1. The van der Waals surface area contributed by atoms with E-state index in [4.69, 9.17) is 9.47 Å². The third-order valence-corrected chi connectivity index (χ3v) is 2.96. The van der Waals surface area contributed by atoms with Crippen LogP contribution in [0, 0.1) is 5.92 Å². The molecule has 2 heterocycles. The van der Waals surface area contributed by atoms with Crippen LogP contribution in [0.25, 0.3) is 0 Å². The van der Waals surface area contributed by atoms with Gasteiger partial charge in [0, 0.05) is 5.92 Å². The average molecular weight is 142 g/mol. The smallest absolute Gasteiger partial charge is 0.0963 e. The van der Waals surface area contributed by atoms with Gasteiger partial charge in [-0.1, -0.05) is 6.92 Å². The third-order valence-electron chi connectivity index (χ3n) is 2.96. The van der Waals surface area contributed by atoms with Gasteiger partial charge in [-0.15, -0.1) is 0 Å². The lowest BCUT2D eigenvalue weighted by molar-refractivity contribution is -0.0240. The Bertz CT molecular complexity index is 146. The van der Waals surface area contributed by atoms with E-state index in [0.717, 1.165) is 19.6 Å². The maximum absolute atomic E-state index is 5.65. The molecule has 1 unspecified atom stereocenters. The Morgan fingerprint density at radius 1 is 1.50 bits per heavy atom.